The van der Waals surface area contributed by atoms with Gasteiger partial charge in [0, 0.05) is 30.4 Å². The molecule has 4 aromatic rings. The van der Waals surface area contributed by atoms with Gasteiger partial charge in [0.2, 0.25) is 5.95 Å². The van der Waals surface area contributed by atoms with Crippen LogP contribution in [0.3, 0.4) is 0 Å². The number of carbonyl (C=O) groups is 1. The van der Waals surface area contributed by atoms with E-state index >= 15 is 0 Å². The fourth-order valence-electron chi connectivity index (χ4n) is 5.65. The minimum Gasteiger partial charge on any atom is -0.465 e. The van der Waals surface area contributed by atoms with Crippen molar-refractivity contribution in [3.05, 3.63) is 76.1 Å². The average molecular weight is 488 g/mol. The molecule has 0 amide bonds. The molecule has 8 heteroatoms. The SMILES string of the molecule is COC(=O)c1cn(-c2nc(Nc3cc4c5c(c3)CN(C)CC5CCC4)ncc2Cl)c2ccccc12. The number of fused-ring (bicyclic) bond motifs is 1. The maximum absolute atomic E-state index is 12.4. The number of esters is 1. The Balaban J connectivity index is 1.40. The summed E-state index contributed by atoms with van der Waals surface area (Å²) in [5.41, 5.74) is 6.62. The molecule has 1 aliphatic carbocycles. The molecule has 2 aromatic heterocycles. The van der Waals surface area contributed by atoms with Crippen LogP contribution in [-0.4, -0.2) is 46.1 Å². The van der Waals surface area contributed by atoms with Crippen LogP contribution in [-0.2, 0) is 17.7 Å². The van der Waals surface area contributed by atoms with Gasteiger partial charge in [0.1, 0.15) is 5.02 Å². The van der Waals surface area contributed by atoms with Crippen molar-refractivity contribution < 1.29 is 9.53 Å². The van der Waals surface area contributed by atoms with Crippen LogP contribution in [0.2, 0.25) is 5.02 Å². The molecule has 35 heavy (non-hydrogen) atoms. The highest BCUT2D eigenvalue weighted by Crippen LogP contribution is 2.40. The van der Waals surface area contributed by atoms with Crippen molar-refractivity contribution in [3.8, 4) is 5.82 Å². The highest BCUT2D eigenvalue weighted by molar-refractivity contribution is 6.32. The van der Waals surface area contributed by atoms with E-state index in [2.05, 4.69) is 34.4 Å². The van der Waals surface area contributed by atoms with Gasteiger partial charge in [0.15, 0.2) is 5.82 Å². The number of aryl methyl sites for hydroxylation is 1. The fraction of sp³-hybridized carbons (Fsp3) is 0.296. The van der Waals surface area contributed by atoms with Crippen LogP contribution in [0.15, 0.2) is 48.8 Å². The molecule has 0 saturated carbocycles. The van der Waals surface area contributed by atoms with Crippen LogP contribution in [0.4, 0.5) is 11.6 Å². The van der Waals surface area contributed by atoms with Crippen molar-refractivity contribution in [1.29, 1.82) is 0 Å². The summed E-state index contributed by atoms with van der Waals surface area (Å²) in [6, 6.07) is 12.1. The number of hydrogen-bond donors (Lipinski definition) is 1. The first-order valence-electron chi connectivity index (χ1n) is 11.8. The molecule has 0 saturated heterocycles. The van der Waals surface area contributed by atoms with E-state index in [1.54, 1.807) is 18.0 Å². The van der Waals surface area contributed by atoms with Crippen molar-refractivity contribution in [2.45, 2.75) is 31.7 Å². The van der Waals surface area contributed by atoms with Crippen molar-refractivity contribution in [2.75, 3.05) is 26.0 Å². The number of rotatable bonds is 4. The van der Waals surface area contributed by atoms with E-state index in [1.165, 1.54) is 31.1 Å². The first-order chi connectivity index (χ1) is 17.0. The van der Waals surface area contributed by atoms with Gasteiger partial charge in [-0.2, -0.15) is 4.98 Å². The standard InChI is InChI=1S/C27H26ClN5O2/c1-32-13-17-7-5-6-16-10-19(11-18(14-32)24(16)17)30-27-29-12-22(28)25(31-27)33-15-21(26(34)35-2)20-8-3-4-9-23(20)33/h3-4,8-12,15,17H,5-7,13-14H2,1-2H3,(H,29,30,31). The fourth-order valence-corrected chi connectivity index (χ4v) is 5.84. The van der Waals surface area contributed by atoms with E-state index in [-0.39, 0.29) is 0 Å². The summed E-state index contributed by atoms with van der Waals surface area (Å²) in [7, 11) is 3.57. The molecule has 1 aliphatic heterocycles. The van der Waals surface area contributed by atoms with Gasteiger partial charge in [0.25, 0.3) is 0 Å². The maximum atomic E-state index is 12.4. The second-order valence-corrected chi connectivity index (χ2v) is 9.81. The predicted octanol–water partition coefficient (Wildman–Crippen LogP) is 5.47. The van der Waals surface area contributed by atoms with E-state index in [1.807, 2.05) is 28.8 Å². The number of nitrogens with one attached hydrogen (secondary N) is 1. The minimum absolute atomic E-state index is 0.387. The Bertz CT molecular complexity index is 1460. The number of para-hydroxylation sites is 1. The van der Waals surface area contributed by atoms with Gasteiger partial charge in [-0.15, -0.1) is 0 Å². The molecule has 2 aromatic carbocycles. The molecule has 0 bridgehead atoms. The Morgan fingerprint density at radius 3 is 2.91 bits per heavy atom. The van der Waals surface area contributed by atoms with Gasteiger partial charge < -0.3 is 15.0 Å². The van der Waals surface area contributed by atoms with E-state index < -0.39 is 5.97 Å². The van der Waals surface area contributed by atoms with Crippen LogP contribution in [0.25, 0.3) is 16.7 Å². The summed E-state index contributed by atoms with van der Waals surface area (Å²) in [6.45, 7) is 2.08. The Morgan fingerprint density at radius 2 is 2.06 bits per heavy atom. The molecule has 1 N–H and O–H groups in total. The van der Waals surface area contributed by atoms with Gasteiger partial charge in [0.05, 0.1) is 24.4 Å². The van der Waals surface area contributed by atoms with E-state index in [4.69, 9.17) is 21.3 Å². The van der Waals surface area contributed by atoms with Gasteiger partial charge in [-0.1, -0.05) is 29.8 Å². The quantitative estimate of drug-likeness (QED) is 0.385. The molecule has 3 heterocycles. The number of carbonyl (C=O) groups excluding carboxylic acids is 1. The Hall–Kier alpha value is -3.42. The molecule has 178 valence electrons. The van der Waals surface area contributed by atoms with Crippen LogP contribution in [0.1, 0.15) is 45.8 Å². The largest absolute Gasteiger partial charge is 0.465 e. The lowest BCUT2D eigenvalue weighted by molar-refractivity contribution is 0.0603. The second-order valence-electron chi connectivity index (χ2n) is 9.41. The molecule has 2 aliphatic rings. The Labute approximate surface area is 208 Å². The van der Waals surface area contributed by atoms with Gasteiger partial charge in [-0.05, 0) is 67.1 Å². The zero-order chi connectivity index (χ0) is 24.1. The third-order valence-electron chi connectivity index (χ3n) is 7.06. The zero-order valence-corrected chi connectivity index (χ0v) is 20.5. The molecule has 6 rings (SSSR count). The first kappa shape index (κ1) is 22.1. The van der Waals surface area contributed by atoms with Crippen LogP contribution < -0.4 is 5.32 Å². The van der Waals surface area contributed by atoms with Crippen LogP contribution >= 0.6 is 11.6 Å². The minimum atomic E-state index is -0.408. The smallest absolute Gasteiger partial charge is 0.340 e. The number of ether oxygens (including phenoxy) is 1. The van der Waals surface area contributed by atoms with E-state index in [0.717, 1.165) is 36.1 Å². The highest BCUT2D eigenvalue weighted by Gasteiger charge is 2.29. The summed E-state index contributed by atoms with van der Waals surface area (Å²) in [5.74, 6) is 1.17. The molecular weight excluding hydrogens is 462 g/mol. The number of hydrogen-bond acceptors (Lipinski definition) is 6. The van der Waals surface area contributed by atoms with Crippen LogP contribution in [0.5, 0.6) is 0 Å². The summed E-state index contributed by atoms with van der Waals surface area (Å²) in [5, 5.41) is 4.57. The van der Waals surface area contributed by atoms with Crippen LogP contribution in [0, 0.1) is 0 Å². The summed E-state index contributed by atoms with van der Waals surface area (Å²) in [4.78, 5) is 24.0. The topological polar surface area (TPSA) is 72.3 Å². The lowest BCUT2D eigenvalue weighted by Gasteiger charge is -2.37. The molecule has 1 unspecified atom stereocenters. The molecular formula is C27H26ClN5O2. The Kier molecular flexibility index (Phi) is 5.46. The van der Waals surface area contributed by atoms with Gasteiger partial charge in [-0.25, -0.2) is 9.78 Å². The maximum Gasteiger partial charge on any atom is 0.340 e. The van der Waals surface area contributed by atoms with E-state index in [0.29, 0.717) is 28.3 Å². The average Bonchev–Trinajstić information content (AvgIpc) is 3.24. The molecule has 0 spiro atoms. The number of anilines is 2. The monoisotopic (exact) mass is 487 g/mol. The highest BCUT2D eigenvalue weighted by atomic mass is 35.5. The third-order valence-corrected chi connectivity index (χ3v) is 7.32. The lowest BCUT2D eigenvalue weighted by Crippen LogP contribution is -2.33. The third kappa shape index (κ3) is 3.85. The first-order valence-corrected chi connectivity index (χ1v) is 12.2. The number of benzene rings is 2. The summed E-state index contributed by atoms with van der Waals surface area (Å²) in [6.07, 6.45) is 6.90. The molecule has 0 radical (unpaired) electrons. The van der Waals surface area contributed by atoms with Gasteiger partial charge in [-0.3, -0.25) is 4.57 Å². The van der Waals surface area contributed by atoms with Crippen molar-refractivity contribution in [2.24, 2.45) is 0 Å². The summed E-state index contributed by atoms with van der Waals surface area (Å²) < 4.78 is 6.79. The Morgan fingerprint density at radius 1 is 1.23 bits per heavy atom. The molecule has 1 atom stereocenters. The van der Waals surface area contributed by atoms with Gasteiger partial charge >= 0.3 is 5.97 Å². The number of aromatic nitrogens is 3. The van der Waals surface area contributed by atoms with Crippen molar-refractivity contribution >= 4 is 40.1 Å². The number of halogens is 1. The predicted molar refractivity (Wildman–Crippen MR) is 137 cm³/mol. The summed E-state index contributed by atoms with van der Waals surface area (Å²) >= 11 is 6.54. The number of nitrogens with zero attached hydrogens (tertiary/aromatic N) is 4. The zero-order valence-electron chi connectivity index (χ0n) is 19.7. The normalized spacial score (nSPS) is 17.3. The van der Waals surface area contributed by atoms with E-state index in [9.17, 15) is 4.79 Å². The van der Waals surface area contributed by atoms with Crippen molar-refractivity contribution in [1.82, 2.24) is 19.4 Å². The molecule has 0 fully saturated rings. The second kappa shape index (κ2) is 8.66. The van der Waals surface area contributed by atoms with Crippen molar-refractivity contribution in [3.63, 3.8) is 0 Å². The molecule has 7 nitrogen and oxygen atoms in total. The lowest BCUT2D eigenvalue weighted by atomic mass is 9.77. The number of methoxy groups -OCH3 is 1. The number of likely N-dealkylation sites (N-methyl/N-ethyl adjacent to an activating group) is 1.